The molecule has 30 heavy (non-hydrogen) atoms. The van der Waals surface area contributed by atoms with Gasteiger partial charge in [-0.25, -0.2) is 9.07 Å². The normalized spacial score (nSPS) is 10.9. The number of nitrogen functional groups attached to an aromatic ring is 1. The van der Waals surface area contributed by atoms with E-state index in [1.54, 1.807) is 17.8 Å². The average Bonchev–Trinajstić information content (AvgIpc) is 3.36. The molecule has 0 saturated carbocycles. The molecular formula is C19H16FN7O2S. The minimum Gasteiger partial charge on any atom is -0.382 e. The van der Waals surface area contributed by atoms with Crippen molar-refractivity contribution in [1.82, 2.24) is 25.1 Å². The van der Waals surface area contributed by atoms with Gasteiger partial charge < -0.3 is 15.6 Å². The minimum absolute atomic E-state index is 0.0474. The molecule has 2 aromatic heterocycles. The van der Waals surface area contributed by atoms with E-state index in [9.17, 15) is 9.18 Å². The molecule has 9 nitrogen and oxygen atoms in total. The summed E-state index contributed by atoms with van der Waals surface area (Å²) in [6.45, 7) is -0.138. The molecule has 2 heterocycles. The Hall–Kier alpha value is -3.73. The number of aromatic nitrogens is 5. The highest BCUT2D eigenvalue weighted by atomic mass is 32.2. The molecule has 0 atom stereocenters. The lowest BCUT2D eigenvalue weighted by Gasteiger charge is -2.07. The maximum absolute atomic E-state index is 13.1. The second kappa shape index (κ2) is 8.33. The summed E-state index contributed by atoms with van der Waals surface area (Å²) in [5, 5.41) is 14.5. The van der Waals surface area contributed by atoms with Gasteiger partial charge in [0.15, 0.2) is 11.5 Å². The summed E-state index contributed by atoms with van der Waals surface area (Å²) < 4.78 is 19.5. The van der Waals surface area contributed by atoms with Crippen LogP contribution in [0.5, 0.6) is 0 Å². The predicted octanol–water partition coefficient (Wildman–Crippen LogP) is 3.08. The number of rotatable bonds is 6. The van der Waals surface area contributed by atoms with E-state index in [4.69, 9.17) is 10.3 Å². The van der Waals surface area contributed by atoms with Crippen LogP contribution >= 0.6 is 11.8 Å². The van der Waals surface area contributed by atoms with E-state index < -0.39 is 0 Å². The second-order valence-electron chi connectivity index (χ2n) is 6.19. The Kier molecular flexibility index (Phi) is 5.44. The van der Waals surface area contributed by atoms with Crippen molar-refractivity contribution >= 4 is 29.2 Å². The van der Waals surface area contributed by atoms with Gasteiger partial charge in [-0.3, -0.25) is 4.79 Å². The Morgan fingerprint density at radius 1 is 1.27 bits per heavy atom. The molecule has 4 rings (SSSR count). The van der Waals surface area contributed by atoms with E-state index in [0.29, 0.717) is 11.3 Å². The lowest BCUT2D eigenvalue weighted by Crippen LogP contribution is -2.20. The molecule has 152 valence electrons. The fraction of sp³-hybridized carbons (Fsp3) is 0.105. The van der Waals surface area contributed by atoms with Crippen molar-refractivity contribution in [2.45, 2.75) is 11.4 Å². The molecule has 0 aliphatic carbocycles. The SMILES string of the molecule is CSc1cccc(NC(=O)Cn2nnc(-c3nc(-c4ccc(F)cc4)no3)c2N)c1. The van der Waals surface area contributed by atoms with E-state index in [0.717, 1.165) is 4.90 Å². The van der Waals surface area contributed by atoms with Crippen molar-refractivity contribution in [3.8, 4) is 23.0 Å². The monoisotopic (exact) mass is 425 g/mol. The van der Waals surface area contributed by atoms with E-state index in [1.165, 1.54) is 28.9 Å². The first-order valence-corrected chi connectivity index (χ1v) is 9.99. The average molecular weight is 425 g/mol. The molecule has 2 aromatic carbocycles. The zero-order valence-corrected chi connectivity index (χ0v) is 16.6. The fourth-order valence-corrected chi connectivity index (χ4v) is 3.12. The quantitative estimate of drug-likeness (QED) is 0.452. The Bertz CT molecular complexity index is 1190. The fourth-order valence-electron chi connectivity index (χ4n) is 2.66. The number of hydrogen-bond acceptors (Lipinski definition) is 8. The topological polar surface area (TPSA) is 125 Å². The highest BCUT2D eigenvalue weighted by Crippen LogP contribution is 2.25. The van der Waals surface area contributed by atoms with E-state index in [-0.39, 0.29) is 41.5 Å². The van der Waals surface area contributed by atoms with Crippen LogP contribution in [0.3, 0.4) is 0 Å². The number of nitrogens with one attached hydrogen (secondary N) is 1. The number of carbonyl (C=O) groups is 1. The zero-order valence-electron chi connectivity index (χ0n) is 15.7. The van der Waals surface area contributed by atoms with E-state index in [2.05, 4.69) is 25.8 Å². The summed E-state index contributed by atoms with van der Waals surface area (Å²) >= 11 is 1.58. The number of carbonyl (C=O) groups excluding carboxylic acids is 1. The van der Waals surface area contributed by atoms with Crippen LogP contribution in [0, 0.1) is 5.82 Å². The molecule has 3 N–H and O–H groups in total. The number of anilines is 2. The van der Waals surface area contributed by atoms with Gasteiger partial charge in [-0.05, 0) is 48.7 Å². The highest BCUT2D eigenvalue weighted by Gasteiger charge is 2.20. The van der Waals surface area contributed by atoms with Crippen LogP contribution in [0.25, 0.3) is 23.0 Å². The van der Waals surface area contributed by atoms with Crippen LogP contribution < -0.4 is 11.1 Å². The van der Waals surface area contributed by atoms with Gasteiger partial charge in [0.2, 0.25) is 11.7 Å². The maximum atomic E-state index is 13.1. The lowest BCUT2D eigenvalue weighted by atomic mass is 10.2. The van der Waals surface area contributed by atoms with Crippen molar-refractivity contribution < 1.29 is 13.7 Å². The van der Waals surface area contributed by atoms with Crippen molar-refractivity contribution in [3.05, 3.63) is 54.3 Å². The van der Waals surface area contributed by atoms with Crippen LogP contribution in [0.2, 0.25) is 0 Å². The number of nitrogens with zero attached hydrogens (tertiary/aromatic N) is 5. The van der Waals surface area contributed by atoms with Gasteiger partial charge in [0, 0.05) is 16.1 Å². The molecular weight excluding hydrogens is 409 g/mol. The van der Waals surface area contributed by atoms with Crippen LogP contribution in [0.4, 0.5) is 15.9 Å². The number of nitrogens with two attached hydrogens (primary N) is 1. The molecule has 4 aromatic rings. The first-order valence-electron chi connectivity index (χ1n) is 8.76. The van der Waals surface area contributed by atoms with Gasteiger partial charge in [-0.2, -0.15) is 4.98 Å². The molecule has 0 bridgehead atoms. The number of thioether (sulfide) groups is 1. The van der Waals surface area contributed by atoms with Crippen molar-refractivity contribution in [2.24, 2.45) is 0 Å². The zero-order chi connectivity index (χ0) is 21.1. The first-order chi connectivity index (χ1) is 14.5. The van der Waals surface area contributed by atoms with E-state index >= 15 is 0 Å². The number of amides is 1. The Labute approximate surface area is 174 Å². The highest BCUT2D eigenvalue weighted by molar-refractivity contribution is 7.98. The molecule has 1 amide bonds. The summed E-state index contributed by atoms with van der Waals surface area (Å²) in [6, 6.07) is 13.1. The molecule has 0 aliphatic rings. The van der Waals surface area contributed by atoms with Crippen LogP contribution in [0.1, 0.15) is 0 Å². The van der Waals surface area contributed by atoms with Gasteiger partial charge in [-0.15, -0.1) is 16.9 Å². The Balaban J connectivity index is 1.48. The summed E-state index contributed by atoms with van der Waals surface area (Å²) in [5.74, 6) is -0.268. The van der Waals surface area contributed by atoms with Gasteiger partial charge in [0.1, 0.15) is 12.4 Å². The number of benzene rings is 2. The smallest absolute Gasteiger partial charge is 0.282 e. The maximum Gasteiger partial charge on any atom is 0.282 e. The van der Waals surface area contributed by atoms with E-state index in [1.807, 2.05) is 24.5 Å². The molecule has 0 aliphatic heterocycles. The standard InChI is InChI=1S/C19H16FN7O2S/c1-30-14-4-2-3-13(9-14)22-15(28)10-27-17(21)16(24-26-27)19-23-18(25-29-19)11-5-7-12(20)8-6-11/h2-9H,10,21H2,1H3,(H,22,28). The van der Waals surface area contributed by atoms with Gasteiger partial charge in [0.25, 0.3) is 5.89 Å². The molecule has 11 heteroatoms. The molecule has 0 fully saturated rings. The minimum atomic E-state index is -0.367. The number of hydrogen-bond donors (Lipinski definition) is 2. The van der Waals surface area contributed by atoms with Crippen LogP contribution in [-0.4, -0.2) is 37.3 Å². The third kappa shape index (κ3) is 4.15. The first kappa shape index (κ1) is 19.6. The summed E-state index contributed by atoms with van der Waals surface area (Å²) in [6.07, 6.45) is 1.96. The number of halogens is 1. The molecule has 0 unspecified atom stereocenters. The summed E-state index contributed by atoms with van der Waals surface area (Å²) in [7, 11) is 0. The van der Waals surface area contributed by atoms with Crippen LogP contribution in [0.15, 0.2) is 57.9 Å². The van der Waals surface area contributed by atoms with Gasteiger partial charge in [-0.1, -0.05) is 16.4 Å². The van der Waals surface area contributed by atoms with Crippen LogP contribution in [-0.2, 0) is 11.3 Å². The Morgan fingerprint density at radius 3 is 2.83 bits per heavy atom. The van der Waals surface area contributed by atoms with Crippen molar-refractivity contribution in [1.29, 1.82) is 0 Å². The van der Waals surface area contributed by atoms with Crippen molar-refractivity contribution in [3.63, 3.8) is 0 Å². The molecule has 0 spiro atoms. The molecule has 0 saturated heterocycles. The van der Waals surface area contributed by atoms with Gasteiger partial charge >= 0.3 is 0 Å². The van der Waals surface area contributed by atoms with Gasteiger partial charge in [0.05, 0.1) is 0 Å². The lowest BCUT2D eigenvalue weighted by molar-refractivity contribution is -0.116. The third-order valence-electron chi connectivity index (χ3n) is 4.15. The molecule has 0 radical (unpaired) electrons. The summed E-state index contributed by atoms with van der Waals surface area (Å²) in [5.41, 5.74) is 7.47. The third-order valence-corrected chi connectivity index (χ3v) is 4.88. The Morgan fingerprint density at radius 2 is 2.07 bits per heavy atom. The second-order valence-corrected chi connectivity index (χ2v) is 7.07. The largest absolute Gasteiger partial charge is 0.382 e. The summed E-state index contributed by atoms with van der Waals surface area (Å²) in [4.78, 5) is 17.6. The van der Waals surface area contributed by atoms with Crippen molar-refractivity contribution in [2.75, 3.05) is 17.3 Å². The predicted molar refractivity (Wildman–Crippen MR) is 110 cm³/mol.